The largest absolute Gasteiger partial charge is 0.495 e. The van der Waals surface area contributed by atoms with Crippen molar-refractivity contribution in [2.45, 2.75) is 13.0 Å². The third-order valence-corrected chi connectivity index (χ3v) is 3.94. The molecule has 0 unspecified atom stereocenters. The molecule has 1 heterocycles. The summed E-state index contributed by atoms with van der Waals surface area (Å²) in [5, 5.41) is 4.77. The SMILES string of the molecule is COc1ccc(NC(=O)[C@@H](C)OC(=O)c2cccs2)cc1Cl. The molecule has 1 amide bonds. The predicted molar refractivity (Wildman–Crippen MR) is 85.8 cm³/mol. The van der Waals surface area contributed by atoms with E-state index in [-0.39, 0.29) is 0 Å². The van der Waals surface area contributed by atoms with Gasteiger partial charge in [-0.3, -0.25) is 4.79 Å². The second-order valence-corrected chi connectivity index (χ2v) is 5.72. The number of rotatable bonds is 5. The summed E-state index contributed by atoms with van der Waals surface area (Å²) in [5.74, 6) is -0.451. The van der Waals surface area contributed by atoms with Gasteiger partial charge in [-0.15, -0.1) is 11.3 Å². The number of esters is 1. The van der Waals surface area contributed by atoms with Crippen LogP contribution in [0.2, 0.25) is 5.02 Å². The van der Waals surface area contributed by atoms with E-state index in [4.69, 9.17) is 21.1 Å². The van der Waals surface area contributed by atoms with Crippen LogP contribution in [0.1, 0.15) is 16.6 Å². The van der Waals surface area contributed by atoms with Crippen molar-refractivity contribution in [1.29, 1.82) is 0 Å². The molecule has 2 rings (SSSR count). The molecule has 22 heavy (non-hydrogen) atoms. The molecule has 0 saturated heterocycles. The average molecular weight is 340 g/mol. The van der Waals surface area contributed by atoms with Gasteiger partial charge in [0.25, 0.3) is 5.91 Å². The smallest absolute Gasteiger partial charge is 0.349 e. The third kappa shape index (κ3) is 3.99. The van der Waals surface area contributed by atoms with Gasteiger partial charge in [-0.1, -0.05) is 17.7 Å². The molecule has 2 aromatic rings. The Hall–Kier alpha value is -2.05. The van der Waals surface area contributed by atoms with Gasteiger partial charge in [0.2, 0.25) is 0 Å². The molecule has 0 bridgehead atoms. The molecule has 7 heteroatoms. The number of nitrogens with one attached hydrogen (secondary N) is 1. The summed E-state index contributed by atoms with van der Waals surface area (Å²) in [5.41, 5.74) is 0.495. The Morgan fingerprint density at radius 2 is 2.09 bits per heavy atom. The number of thiophene rings is 1. The number of methoxy groups -OCH3 is 1. The van der Waals surface area contributed by atoms with Gasteiger partial charge in [0.15, 0.2) is 6.10 Å². The highest BCUT2D eigenvalue weighted by Crippen LogP contribution is 2.27. The molecule has 1 atom stereocenters. The maximum absolute atomic E-state index is 12.0. The van der Waals surface area contributed by atoms with Gasteiger partial charge in [-0.05, 0) is 36.6 Å². The molecule has 1 aromatic carbocycles. The van der Waals surface area contributed by atoms with E-state index >= 15 is 0 Å². The van der Waals surface area contributed by atoms with Gasteiger partial charge in [-0.25, -0.2) is 4.79 Å². The zero-order valence-corrected chi connectivity index (χ0v) is 13.5. The van der Waals surface area contributed by atoms with Crippen LogP contribution in [0.15, 0.2) is 35.7 Å². The van der Waals surface area contributed by atoms with Crippen LogP contribution in [0.3, 0.4) is 0 Å². The van der Waals surface area contributed by atoms with Crippen molar-refractivity contribution in [3.63, 3.8) is 0 Å². The van der Waals surface area contributed by atoms with Crippen LogP contribution in [0, 0.1) is 0 Å². The number of amides is 1. The second-order valence-electron chi connectivity index (χ2n) is 4.36. The Kier molecular flexibility index (Phi) is 5.41. The minimum Gasteiger partial charge on any atom is -0.495 e. The molecule has 1 N–H and O–H groups in total. The van der Waals surface area contributed by atoms with E-state index in [0.717, 1.165) is 0 Å². The third-order valence-electron chi connectivity index (χ3n) is 2.79. The molecule has 0 saturated carbocycles. The summed E-state index contributed by atoms with van der Waals surface area (Å²) in [6.07, 6.45) is -0.921. The summed E-state index contributed by atoms with van der Waals surface area (Å²) >= 11 is 7.24. The van der Waals surface area contributed by atoms with Crippen LogP contribution in [-0.2, 0) is 9.53 Å². The van der Waals surface area contributed by atoms with Crippen molar-refractivity contribution >= 4 is 40.5 Å². The van der Waals surface area contributed by atoms with Crippen LogP contribution in [-0.4, -0.2) is 25.1 Å². The summed E-state index contributed by atoms with van der Waals surface area (Å²) in [6, 6.07) is 8.23. The Bertz CT molecular complexity index is 672. The van der Waals surface area contributed by atoms with Crippen LogP contribution in [0.5, 0.6) is 5.75 Å². The molecule has 5 nitrogen and oxygen atoms in total. The first-order valence-corrected chi connectivity index (χ1v) is 7.66. The maximum Gasteiger partial charge on any atom is 0.349 e. The van der Waals surface area contributed by atoms with Crippen LogP contribution in [0.25, 0.3) is 0 Å². The maximum atomic E-state index is 12.0. The van der Waals surface area contributed by atoms with E-state index in [1.807, 2.05) is 0 Å². The van der Waals surface area contributed by atoms with Gasteiger partial charge < -0.3 is 14.8 Å². The average Bonchev–Trinajstić information content (AvgIpc) is 3.01. The van der Waals surface area contributed by atoms with E-state index in [0.29, 0.717) is 21.3 Å². The number of halogens is 1. The molecule has 0 spiro atoms. The summed E-state index contributed by atoms with van der Waals surface area (Å²) in [6.45, 7) is 1.51. The van der Waals surface area contributed by atoms with Crippen LogP contribution < -0.4 is 10.1 Å². The van der Waals surface area contributed by atoms with Crippen molar-refractivity contribution in [2.24, 2.45) is 0 Å². The zero-order chi connectivity index (χ0) is 16.1. The predicted octanol–water partition coefficient (Wildman–Crippen LogP) is 3.59. The van der Waals surface area contributed by atoms with E-state index < -0.39 is 18.0 Å². The first-order chi connectivity index (χ1) is 10.5. The molecular weight excluding hydrogens is 326 g/mol. The lowest BCUT2D eigenvalue weighted by molar-refractivity contribution is -0.123. The Balaban J connectivity index is 1.96. The van der Waals surface area contributed by atoms with E-state index in [1.165, 1.54) is 25.4 Å². The quantitative estimate of drug-likeness (QED) is 0.845. The number of carbonyl (C=O) groups is 2. The van der Waals surface area contributed by atoms with Crippen molar-refractivity contribution in [2.75, 3.05) is 12.4 Å². The normalized spacial score (nSPS) is 11.6. The van der Waals surface area contributed by atoms with Gasteiger partial charge >= 0.3 is 5.97 Å². The molecular formula is C15H14ClNO4S. The molecule has 1 aromatic heterocycles. The lowest BCUT2D eigenvalue weighted by Gasteiger charge is -2.13. The van der Waals surface area contributed by atoms with E-state index in [9.17, 15) is 9.59 Å². The lowest BCUT2D eigenvalue weighted by Crippen LogP contribution is -2.29. The number of benzene rings is 1. The Labute approximate surface area is 136 Å². The molecule has 0 aliphatic heterocycles. The summed E-state index contributed by atoms with van der Waals surface area (Å²) in [7, 11) is 1.51. The first-order valence-electron chi connectivity index (χ1n) is 6.40. The van der Waals surface area contributed by atoms with Crippen LogP contribution >= 0.6 is 22.9 Å². The minimum atomic E-state index is -0.921. The number of anilines is 1. The van der Waals surface area contributed by atoms with E-state index in [2.05, 4.69) is 5.32 Å². The summed E-state index contributed by atoms with van der Waals surface area (Å²) < 4.78 is 10.1. The van der Waals surface area contributed by atoms with Gasteiger partial charge in [0.1, 0.15) is 10.6 Å². The second kappa shape index (κ2) is 7.29. The van der Waals surface area contributed by atoms with Gasteiger partial charge in [0, 0.05) is 5.69 Å². The standard InChI is InChI=1S/C15H14ClNO4S/c1-9(21-15(19)13-4-3-7-22-13)14(18)17-10-5-6-12(20-2)11(16)8-10/h3-9H,1-2H3,(H,17,18)/t9-/m1/s1. The number of hydrogen-bond donors (Lipinski definition) is 1. The fourth-order valence-corrected chi connectivity index (χ4v) is 2.52. The molecule has 0 aliphatic carbocycles. The fourth-order valence-electron chi connectivity index (χ4n) is 1.65. The molecule has 0 fully saturated rings. The van der Waals surface area contributed by atoms with Crippen molar-refractivity contribution in [1.82, 2.24) is 0 Å². The Morgan fingerprint density at radius 1 is 1.32 bits per heavy atom. The molecule has 116 valence electrons. The van der Waals surface area contributed by atoms with Crippen molar-refractivity contribution in [3.05, 3.63) is 45.6 Å². The fraction of sp³-hybridized carbons (Fsp3) is 0.200. The van der Waals surface area contributed by atoms with Gasteiger partial charge in [0.05, 0.1) is 12.1 Å². The highest BCUT2D eigenvalue weighted by molar-refractivity contribution is 7.11. The first kappa shape index (κ1) is 16.3. The van der Waals surface area contributed by atoms with Crippen molar-refractivity contribution in [3.8, 4) is 5.75 Å². The van der Waals surface area contributed by atoms with Gasteiger partial charge in [-0.2, -0.15) is 0 Å². The number of carbonyl (C=O) groups excluding carboxylic acids is 2. The van der Waals surface area contributed by atoms with E-state index in [1.54, 1.807) is 35.7 Å². The highest BCUT2D eigenvalue weighted by Gasteiger charge is 2.19. The topological polar surface area (TPSA) is 64.6 Å². The minimum absolute atomic E-state index is 0.378. The lowest BCUT2D eigenvalue weighted by atomic mass is 10.2. The highest BCUT2D eigenvalue weighted by atomic mass is 35.5. The molecule has 0 radical (unpaired) electrons. The zero-order valence-electron chi connectivity index (χ0n) is 12.0. The Morgan fingerprint density at radius 3 is 2.68 bits per heavy atom. The van der Waals surface area contributed by atoms with Crippen LogP contribution in [0.4, 0.5) is 5.69 Å². The molecule has 0 aliphatic rings. The van der Waals surface area contributed by atoms with Crippen molar-refractivity contribution < 1.29 is 19.1 Å². The summed E-state index contributed by atoms with van der Waals surface area (Å²) in [4.78, 5) is 24.3. The number of ether oxygens (including phenoxy) is 2. The number of hydrogen-bond acceptors (Lipinski definition) is 5. The monoisotopic (exact) mass is 339 g/mol.